The summed E-state index contributed by atoms with van der Waals surface area (Å²) in [5, 5.41) is 17.2. The van der Waals surface area contributed by atoms with Crippen LogP contribution in [0.15, 0.2) is 93.8 Å². The van der Waals surface area contributed by atoms with E-state index in [1.165, 1.54) is 28.8 Å². The number of halogens is 1. The van der Waals surface area contributed by atoms with Crippen molar-refractivity contribution in [3.63, 3.8) is 0 Å². The maximum atomic E-state index is 14.5. The molecular weight excluding hydrogens is 976 g/mol. The lowest BCUT2D eigenvalue weighted by Crippen LogP contribution is -2.47. The van der Waals surface area contributed by atoms with Crippen LogP contribution in [-0.2, 0) is 19.8 Å². The number of hydrogen-bond acceptors (Lipinski definition) is 14. The highest BCUT2D eigenvalue weighted by atomic mass is 35.5. The number of allylic oxidation sites excluding steroid dienone is 1. The third kappa shape index (κ3) is 12.0. The highest BCUT2D eigenvalue weighted by molar-refractivity contribution is 7.92. The molecule has 1 aliphatic carbocycles. The SMILES string of the molecule is C[C@@H](CN1CCC(N=S(C)(C)=O)CC1)Nc1ccc(S(=O)(=O)NC(=O)c2ccc(N3CCN(CC4=C(c5ccc(Cl)cc5)CC(C)(C)CC4)CC3)cc2N2CCCOc3nc4[nH]ccc4cc32)cc1[N+](=O)[O-]. The molecule has 0 bridgehead atoms. The summed E-state index contributed by atoms with van der Waals surface area (Å²) < 4.78 is 53.3. The van der Waals surface area contributed by atoms with E-state index in [1.54, 1.807) is 24.8 Å². The summed E-state index contributed by atoms with van der Waals surface area (Å²) in [5.74, 6) is -0.505. The summed E-state index contributed by atoms with van der Waals surface area (Å²) >= 11 is 6.28. The van der Waals surface area contributed by atoms with Crippen LogP contribution < -0.4 is 24.6 Å². The van der Waals surface area contributed by atoms with Gasteiger partial charge in [-0.05, 0) is 117 Å². The Hall–Kier alpha value is -5.73. The third-order valence-electron chi connectivity index (χ3n) is 14.2. The number of nitro benzene ring substituents is 1. The number of aromatic amines is 1. The second-order valence-corrected chi connectivity index (χ2v) is 25.4. The Morgan fingerprint density at radius 1 is 0.958 bits per heavy atom. The van der Waals surface area contributed by atoms with Crippen LogP contribution in [0.2, 0.25) is 5.02 Å². The predicted molar refractivity (Wildman–Crippen MR) is 287 cm³/mol. The topological polar surface area (TPSA) is 199 Å². The number of H-pyrrole nitrogens is 1. The standard InChI is InChI=1S/C52H65ClN10O7S2/c1-35(33-59-22-17-40(18-23-59)57-71(4,5)67)55-45-14-12-42(31-47(45)63(65)66)72(68,69)58-50(64)43-13-11-41(30-46(43)62-21-6-28-70-51-48(62)29-37-16-20-54-49(37)56-51)61-26-24-60(25-27-61)34-38-15-19-52(2,3)32-44(38)36-7-9-39(53)10-8-36/h7-14,16,20,29-31,35,40,55H,6,15,17-19,21-28,32-34H2,1-5H3,(H,54,56)(H,58,64)/t35-/m0/s1. The Morgan fingerprint density at radius 2 is 1.71 bits per heavy atom. The van der Waals surface area contributed by atoms with Gasteiger partial charge in [0.2, 0.25) is 5.88 Å². The molecule has 1 amide bonds. The van der Waals surface area contributed by atoms with Gasteiger partial charge in [-0.1, -0.05) is 43.2 Å². The number of pyridine rings is 1. The molecule has 0 unspecified atom stereocenters. The van der Waals surface area contributed by atoms with Crippen molar-refractivity contribution >= 4 is 82.3 Å². The van der Waals surface area contributed by atoms with Crippen molar-refractivity contribution in [2.75, 3.05) is 93.1 Å². The zero-order chi connectivity index (χ0) is 51.0. The fraction of sp³-hybridized carbons (Fsp3) is 0.462. The molecule has 72 heavy (non-hydrogen) atoms. The zero-order valence-electron chi connectivity index (χ0n) is 41.7. The molecule has 20 heteroatoms. The van der Waals surface area contributed by atoms with Crippen molar-refractivity contribution in [3.8, 4) is 5.88 Å². The molecule has 2 fully saturated rings. The molecule has 3 N–H and O–H groups in total. The van der Waals surface area contributed by atoms with Crippen LogP contribution in [0.4, 0.5) is 28.4 Å². The largest absolute Gasteiger partial charge is 0.476 e. The molecule has 2 saturated heterocycles. The first-order valence-corrected chi connectivity index (χ1v) is 28.9. The van der Waals surface area contributed by atoms with Gasteiger partial charge in [0.05, 0.1) is 33.7 Å². The average Bonchev–Trinajstić information content (AvgIpc) is 3.69. The van der Waals surface area contributed by atoms with Gasteiger partial charge >= 0.3 is 0 Å². The first-order chi connectivity index (χ1) is 34.3. The first kappa shape index (κ1) is 51.2. The van der Waals surface area contributed by atoms with E-state index in [2.05, 4.69) is 60.1 Å². The molecule has 5 heterocycles. The number of piperazine rings is 1. The molecule has 9 rings (SSSR count). The van der Waals surface area contributed by atoms with Crippen molar-refractivity contribution < 1.29 is 27.1 Å². The lowest BCUT2D eigenvalue weighted by atomic mass is 9.72. The summed E-state index contributed by atoms with van der Waals surface area (Å²) in [6.07, 6.45) is 10.4. The molecule has 17 nitrogen and oxygen atoms in total. The van der Waals surface area contributed by atoms with Gasteiger partial charge < -0.3 is 29.7 Å². The van der Waals surface area contributed by atoms with Crippen molar-refractivity contribution in [1.29, 1.82) is 0 Å². The number of nitrogens with one attached hydrogen (secondary N) is 3. The molecule has 1 atom stereocenters. The summed E-state index contributed by atoms with van der Waals surface area (Å²) in [6.45, 7) is 13.5. The predicted octanol–water partition coefficient (Wildman–Crippen LogP) is 8.94. The number of anilines is 4. The van der Waals surface area contributed by atoms with Crippen LogP contribution in [0.1, 0.15) is 75.2 Å². The van der Waals surface area contributed by atoms with Gasteiger partial charge in [-0.2, -0.15) is 4.98 Å². The highest BCUT2D eigenvalue weighted by Gasteiger charge is 2.32. The van der Waals surface area contributed by atoms with Gasteiger partial charge in [0.15, 0.2) is 0 Å². The number of likely N-dealkylation sites (tertiary alicyclic amines) is 1. The van der Waals surface area contributed by atoms with Crippen molar-refractivity contribution in [2.45, 2.75) is 76.3 Å². The van der Waals surface area contributed by atoms with E-state index in [0.29, 0.717) is 49.0 Å². The Kier molecular flexibility index (Phi) is 14.9. The van der Waals surface area contributed by atoms with Crippen LogP contribution in [0.25, 0.3) is 16.6 Å². The smallest absolute Gasteiger partial charge is 0.293 e. The quantitative estimate of drug-likeness (QED) is 0.0704. The molecule has 3 aliphatic heterocycles. The molecule has 384 valence electrons. The molecule has 0 saturated carbocycles. The fourth-order valence-electron chi connectivity index (χ4n) is 10.5. The van der Waals surface area contributed by atoms with E-state index in [0.717, 1.165) is 100 Å². The number of aromatic nitrogens is 2. The summed E-state index contributed by atoms with van der Waals surface area (Å²) in [6, 6.07) is 20.9. The number of benzene rings is 3. The van der Waals surface area contributed by atoms with Crippen LogP contribution in [0.5, 0.6) is 5.88 Å². The number of piperidine rings is 1. The van der Waals surface area contributed by atoms with E-state index in [9.17, 15) is 27.5 Å². The van der Waals surface area contributed by atoms with E-state index < -0.39 is 41.2 Å². The number of hydrogen-bond donors (Lipinski definition) is 3. The number of nitrogens with zero attached hydrogens (tertiary/aromatic N) is 7. The third-order valence-corrected chi connectivity index (χ3v) is 16.6. The number of ether oxygens (including phenoxy) is 1. The zero-order valence-corrected chi connectivity index (χ0v) is 44.0. The number of carbonyl (C=O) groups is 1. The van der Waals surface area contributed by atoms with E-state index in [1.807, 2.05) is 48.2 Å². The molecule has 2 aromatic heterocycles. The van der Waals surface area contributed by atoms with Gasteiger partial charge in [0.1, 0.15) is 17.0 Å². The molecular formula is C52H65ClN10O7S2. The minimum Gasteiger partial charge on any atom is -0.476 e. The summed E-state index contributed by atoms with van der Waals surface area (Å²) in [5.41, 5.74) is 6.79. The van der Waals surface area contributed by atoms with Crippen LogP contribution in [0, 0.1) is 15.5 Å². The van der Waals surface area contributed by atoms with Gasteiger partial charge in [-0.15, -0.1) is 0 Å². The molecule has 0 spiro atoms. The molecule has 4 aliphatic rings. The molecule has 5 aromatic rings. The minimum absolute atomic E-state index is 0.0363. The number of nitro groups is 1. The Morgan fingerprint density at radius 3 is 2.43 bits per heavy atom. The van der Waals surface area contributed by atoms with Crippen LogP contribution >= 0.6 is 11.6 Å². The Labute approximate surface area is 427 Å². The highest BCUT2D eigenvalue weighted by Crippen LogP contribution is 2.44. The van der Waals surface area contributed by atoms with Gasteiger partial charge in [0, 0.05) is 116 Å². The second-order valence-electron chi connectivity index (χ2n) is 20.7. The van der Waals surface area contributed by atoms with Crippen LogP contribution in [-0.4, -0.2) is 133 Å². The minimum atomic E-state index is -4.62. The van der Waals surface area contributed by atoms with E-state index >= 15 is 0 Å². The number of fused-ring (bicyclic) bond motifs is 2. The first-order valence-electron chi connectivity index (χ1n) is 24.7. The van der Waals surface area contributed by atoms with Crippen molar-refractivity contribution in [1.82, 2.24) is 24.5 Å². The maximum absolute atomic E-state index is 14.5. The lowest BCUT2D eigenvalue weighted by Gasteiger charge is -2.39. The number of rotatable bonds is 14. The average molecular weight is 1040 g/mol. The van der Waals surface area contributed by atoms with Crippen LogP contribution in [0.3, 0.4) is 0 Å². The van der Waals surface area contributed by atoms with Gasteiger partial charge in [-0.3, -0.25) is 24.0 Å². The lowest BCUT2D eigenvalue weighted by molar-refractivity contribution is -0.384. The van der Waals surface area contributed by atoms with E-state index in [-0.39, 0.29) is 28.7 Å². The molecule has 0 radical (unpaired) electrons. The maximum Gasteiger partial charge on any atom is 0.293 e. The fourth-order valence-corrected chi connectivity index (χ4v) is 12.5. The number of amides is 1. The normalized spacial score (nSPS) is 18.8. The number of sulfonamides is 1. The van der Waals surface area contributed by atoms with Gasteiger partial charge in [0.25, 0.3) is 21.6 Å². The Balaban J connectivity index is 0.949. The summed E-state index contributed by atoms with van der Waals surface area (Å²) in [4.78, 5) is 42.8. The van der Waals surface area contributed by atoms with Crippen molar-refractivity contribution in [3.05, 3.63) is 111 Å². The Bertz CT molecular complexity index is 3110. The van der Waals surface area contributed by atoms with Gasteiger partial charge in [-0.25, -0.2) is 17.5 Å². The second kappa shape index (κ2) is 21.0. The number of carbonyl (C=O) groups excluding carboxylic acids is 1. The van der Waals surface area contributed by atoms with E-state index in [4.69, 9.17) is 21.3 Å². The monoisotopic (exact) mass is 1040 g/mol. The molecule has 3 aromatic carbocycles. The van der Waals surface area contributed by atoms with Crippen molar-refractivity contribution in [2.24, 2.45) is 9.78 Å². The summed E-state index contributed by atoms with van der Waals surface area (Å²) in [7, 11) is -6.82.